The van der Waals surface area contributed by atoms with E-state index in [4.69, 9.17) is 27.9 Å². The number of para-hydroxylation sites is 1. The van der Waals surface area contributed by atoms with Crippen LogP contribution in [0.2, 0.25) is 10.0 Å². The van der Waals surface area contributed by atoms with Gasteiger partial charge in [0, 0.05) is 23.2 Å². The molecule has 2 aromatic carbocycles. The first kappa shape index (κ1) is 23.3. The van der Waals surface area contributed by atoms with E-state index < -0.39 is 17.2 Å². The Morgan fingerprint density at radius 3 is 2.53 bits per heavy atom. The van der Waals surface area contributed by atoms with Crippen molar-refractivity contribution in [3.8, 4) is 11.4 Å². The molecule has 0 atom stereocenters. The van der Waals surface area contributed by atoms with Crippen LogP contribution in [0.4, 0.5) is 0 Å². The predicted molar refractivity (Wildman–Crippen MR) is 121 cm³/mol. The van der Waals surface area contributed by atoms with Crippen molar-refractivity contribution in [3.05, 3.63) is 86.3 Å². The van der Waals surface area contributed by atoms with E-state index in [-0.39, 0.29) is 18.7 Å². The highest BCUT2D eigenvalue weighted by atomic mass is 35.5. The molecular formula is C22H20Cl2N4O4. The smallest absolute Gasteiger partial charge is 0.294 e. The summed E-state index contributed by atoms with van der Waals surface area (Å²) >= 11 is 11.8. The van der Waals surface area contributed by atoms with E-state index in [0.717, 1.165) is 0 Å². The molecular weight excluding hydrogens is 455 g/mol. The maximum Gasteiger partial charge on any atom is 0.294 e. The molecule has 2 amide bonds. The van der Waals surface area contributed by atoms with Crippen LogP contribution in [-0.2, 0) is 4.79 Å². The van der Waals surface area contributed by atoms with Crippen molar-refractivity contribution < 1.29 is 14.3 Å². The number of hydrogen-bond donors (Lipinski definition) is 2. The van der Waals surface area contributed by atoms with Gasteiger partial charge in [-0.3, -0.25) is 25.2 Å². The van der Waals surface area contributed by atoms with Gasteiger partial charge in [0.2, 0.25) is 11.3 Å². The van der Waals surface area contributed by atoms with Crippen LogP contribution in [0.3, 0.4) is 0 Å². The fourth-order valence-electron chi connectivity index (χ4n) is 2.79. The van der Waals surface area contributed by atoms with E-state index in [1.54, 1.807) is 37.3 Å². The summed E-state index contributed by atoms with van der Waals surface area (Å²) in [6, 6.07) is 15.2. The number of nitrogens with zero attached hydrogens (tertiary/aromatic N) is 2. The summed E-state index contributed by atoms with van der Waals surface area (Å²) < 4.78 is 6.99. The molecule has 1 heterocycles. The van der Waals surface area contributed by atoms with Crippen LogP contribution in [0.5, 0.6) is 5.75 Å². The number of hydrazine groups is 1. The number of aryl methyl sites for hydroxylation is 1. The molecule has 2 N–H and O–H groups in total. The monoisotopic (exact) mass is 474 g/mol. The molecule has 1 aromatic heterocycles. The second kappa shape index (κ2) is 10.8. The molecule has 10 heteroatoms. The molecule has 0 aliphatic carbocycles. The van der Waals surface area contributed by atoms with Crippen molar-refractivity contribution >= 4 is 35.0 Å². The molecule has 8 nitrogen and oxygen atoms in total. The Morgan fingerprint density at radius 2 is 1.81 bits per heavy atom. The minimum absolute atomic E-state index is 0.0844. The van der Waals surface area contributed by atoms with Gasteiger partial charge in [0.1, 0.15) is 5.75 Å². The fourth-order valence-corrected chi connectivity index (χ4v) is 3.25. The van der Waals surface area contributed by atoms with Gasteiger partial charge >= 0.3 is 0 Å². The lowest BCUT2D eigenvalue weighted by atomic mass is 10.3. The second-order valence-electron chi connectivity index (χ2n) is 6.77. The Kier molecular flexibility index (Phi) is 7.86. The zero-order valence-corrected chi connectivity index (χ0v) is 18.6. The summed E-state index contributed by atoms with van der Waals surface area (Å²) in [5.74, 6) is -0.790. The Labute approximate surface area is 194 Å². The van der Waals surface area contributed by atoms with Crippen molar-refractivity contribution in [2.24, 2.45) is 0 Å². The number of ether oxygens (including phenoxy) is 1. The molecule has 0 bridgehead atoms. The number of halogens is 2. The van der Waals surface area contributed by atoms with Gasteiger partial charge in [0.15, 0.2) is 5.69 Å². The van der Waals surface area contributed by atoms with Crippen LogP contribution in [0, 0.1) is 6.92 Å². The van der Waals surface area contributed by atoms with Crippen LogP contribution in [0.15, 0.2) is 59.4 Å². The van der Waals surface area contributed by atoms with Gasteiger partial charge in [0.25, 0.3) is 5.91 Å². The van der Waals surface area contributed by atoms with Gasteiger partial charge in [-0.2, -0.15) is 5.10 Å². The summed E-state index contributed by atoms with van der Waals surface area (Å²) in [4.78, 5) is 36.6. The highest BCUT2D eigenvalue weighted by molar-refractivity contribution is 6.35. The summed E-state index contributed by atoms with van der Waals surface area (Å²) in [6.07, 6.45) is 0.464. The lowest BCUT2D eigenvalue weighted by molar-refractivity contribution is -0.122. The minimum atomic E-state index is -0.808. The van der Waals surface area contributed by atoms with Crippen LogP contribution in [-0.4, -0.2) is 28.2 Å². The molecule has 3 aromatic rings. The number of benzene rings is 2. The quantitative estimate of drug-likeness (QED) is 0.403. The van der Waals surface area contributed by atoms with Crippen LogP contribution in [0.1, 0.15) is 29.0 Å². The number of hydrogen-bond acceptors (Lipinski definition) is 5. The van der Waals surface area contributed by atoms with E-state index in [9.17, 15) is 14.4 Å². The Morgan fingerprint density at radius 1 is 1.06 bits per heavy atom. The van der Waals surface area contributed by atoms with Crippen molar-refractivity contribution in [2.45, 2.75) is 19.8 Å². The SMILES string of the molecule is Cc1cc(=O)c(C(=O)NNC(=O)CCCOc2ccc(Cl)cc2Cl)nn1-c1ccccc1. The summed E-state index contributed by atoms with van der Waals surface area (Å²) in [5.41, 5.74) is 4.88. The normalized spacial score (nSPS) is 10.5. The second-order valence-corrected chi connectivity index (χ2v) is 7.62. The van der Waals surface area contributed by atoms with Gasteiger partial charge < -0.3 is 4.74 Å². The molecule has 0 aliphatic heterocycles. The highest BCUT2D eigenvalue weighted by Crippen LogP contribution is 2.27. The lowest BCUT2D eigenvalue weighted by Gasteiger charge is -2.12. The first-order valence-corrected chi connectivity index (χ1v) is 10.4. The van der Waals surface area contributed by atoms with Crippen molar-refractivity contribution in [3.63, 3.8) is 0 Å². The van der Waals surface area contributed by atoms with E-state index in [1.165, 1.54) is 10.7 Å². The number of nitrogens with one attached hydrogen (secondary N) is 2. The van der Waals surface area contributed by atoms with Gasteiger partial charge in [-0.05, 0) is 43.7 Å². The standard InChI is InChI=1S/C22H20Cl2N4O4/c1-14-12-18(29)21(27-28(14)16-6-3-2-4-7-16)22(31)26-25-20(30)8-5-11-32-19-10-9-15(23)13-17(19)24/h2-4,6-7,9-10,12-13H,5,8,11H2,1H3,(H,25,30)(H,26,31). The first-order chi connectivity index (χ1) is 15.3. The zero-order chi connectivity index (χ0) is 23.1. The average molecular weight is 475 g/mol. The Hall–Kier alpha value is -3.36. The maximum atomic E-state index is 12.4. The van der Waals surface area contributed by atoms with Gasteiger partial charge in [0.05, 0.1) is 17.3 Å². The van der Waals surface area contributed by atoms with Gasteiger partial charge in [-0.15, -0.1) is 0 Å². The van der Waals surface area contributed by atoms with Gasteiger partial charge in [-0.1, -0.05) is 41.4 Å². The van der Waals surface area contributed by atoms with E-state index in [2.05, 4.69) is 16.0 Å². The third-order valence-corrected chi connectivity index (χ3v) is 4.87. The Bertz CT molecular complexity index is 1180. The topological polar surface area (TPSA) is 102 Å². The average Bonchev–Trinajstić information content (AvgIpc) is 2.77. The Balaban J connectivity index is 1.52. The molecule has 0 saturated heterocycles. The van der Waals surface area contributed by atoms with Gasteiger partial charge in [-0.25, -0.2) is 4.68 Å². The van der Waals surface area contributed by atoms with Crippen LogP contribution in [0.25, 0.3) is 5.69 Å². The summed E-state index contributed by atoms with van der Waals surface area (Å²) in [7, 11) is 0. The zero-order valence-electron chi connectivity index (χ0n) is 17.1. The predicted octanol–water partition coefficient (Wildman–Crippen LogP) is 3.47. The molecule has 0 unspecified atom stereocenters. The number of carbonyl (C=O) groups is 2. The largest absolute Gasteiger partial charge is 0.492 e. The number of carbonyl (C=O) groups excluding carboxylic acids is 2. The maximum absolute atomic E-state index is 12.4. The number of rotatable bonds is 7. The molecule has 32 heavy (non-hydrogen) atoms. The van der Waals surface area contributed by atoms with Crippen molar-refractivity contribution in [1.29, 1.82) is 0 Å². The van der Waals surface area contributed by atoms with Crippen LogP contribution < -0.4 is 21.0 Å². The lowest BCUT2D eigenvalue weighted by Crippen LogP contribution is -2.44. The summed E-state index contributed by atoms with van der Waals surface area (Å²) in [5, 5.41) is 5.01. The fraction of sp³-hybridized carbons (Fsp3) is 0.182. The van der Waals surface area contributed by atoms with E-state index in [1.807, 2.05) is 18.2 Å². The third-order valence-electron chi connectivity index (χ3n) is 4.34. The first-order valence-electron chi connectivity index (χ1n) is 9.68. The molecule has 3 rings (SSSR count). The minimum Gasteiger partial charge on any atom is -0.492 e. The van der Waals surface area contributed by atoms with E-state index in [0.29, 0.717) is 33.6 Å². The molecule has 0 spiro atoms. The molecule has 166 valence electrons. The van der Waals surface area contributed by atoms with Crippen molar-refractivity contribution in [1.82, 2.24) is 20.6 Å². The van der Waals surface area contributed by atoms with Crippen molar-refractivity contribution in [2.75, 3.05) is 6.61 Å². The number of amides is 2. The molecule has 0 fully saturated rings. The third kappa shape index (κ3) is 6.09. The molecule has 0 radical (unpaired) electrons. The van der Waals surface area contributed by atoms with E-state index >= 15 is 0 Å². The molecule has 0 saturated carbocycles. The molecule has 0 aliphatic rings. The number of aromatic nitrogens is 2. The summed E-state index contributed by atoms with van der Waals surface area (Å²) in [6.45, 7) is 1.95. The van der Waals surface area contributed by atoms with Crippen LogP contribution >= 0.6 is 23.2 Å². The highest BCUT2D eigenvalue weighted by Gasteiger charge is 2.16.